The zero-order valence-corrected chi connectivity index (χ0v) is 18.9. The van der Waals surface area contributed by atoms with Gasteiger partial charge in [-0.15, -0.1) is 0 Å². The van der Waals surface area contributed by atoms with Gasteiger partial charge in [0.05, 0.1) is 23.4 Å². The maximum Gasteiger partial charge on any atom is 0.267 e. The van der Waals surface area contributed by atoms with E-state index in [1.807, 2.05) is 0 Å². The Morgan fingerprint density at radius 3 is 2.33 bits per heavy atom. The van der Waals surface area contributed by atoms with Crippen LogP contribution in [0.3, 0.4) is 0 Å². The third-order valence-electron chi connectivity index (χ3n) is 4.65. The minimum absolute atomic E-state index is 0.0564. The number of nitrogens with zero attached hydrogens (tertiary/aromatic N) is 3. The molecule has 2 aromatic carbocycles. The van der Waals surface area contributed by atoms with Gasteiger partial charge >= 0.3 is 0 Å². The topological polar surface area (TPSA) is 148 Å². The number of benzene rings is 2. The number of carbonyl (C=O) groups is 1. The van der Waals surface area contributed by atoms with Crippen molar-refractivity contribution >= 4 is 43.3 Å². The van der Waals surface area contributed by atoms with Crippen LogP contribution in [0.25, 0.3) is 0 Å². The van der Waals surface area contributed by atoms with Crippen LogP contribution in [0.4, 0.5) is 17.3 Å². The van der Waals surface area contributed by atoms with Gasteiger partial charge in [0.2, 0.25) is 16.0 Å². The largest absolute Gasteiger partial charge is 0.476 e. The molecule has 11 nitrogen and oxygen atoms in total. The molecule has 0 bridgehead atoms. The summed E-state index contributed by atoms with van der Waals surface area (Å²) in [6.45, 7) is -0.199. The zero-order chi connectivity index (χ0) is 23.6. The third kappa shape index (κ3) is 5.04. The van der Waals surface area contributed by atoms with E-state index in [4.69, 9.17) is 4.74 Å². The Bertz CT molecular complexity index is 1380. The second kappa shape index (κ2) is 8.67. The van der Waals surface area contributed by atoms with Crippen molar-refractivity contribution in [1.82, 2.24) is 9.97 Å². The van der Waals surface area contributed by atoms with Crippen LogP contribution in [0, 0.1) is 0 Å². The van der Waals surface area contributed by atoms with E-state index < -0.39 is 32.1 Å². The van der Waals surface area contributed by atoms with E-state index >= 15 is 0 Å². The Morgan fingerprint density at radius 1 is 1.00 bits per heavy atom. The Kier molecular flexibility index (Phi) is 5.91. The summed E-state index contributed by atoms with van der Waals surface area (Å²) in [7, 11) is -7.56. The minimum atomic E-state index is -3.92. The second-order valence-electron chi connectivity index (χ2n) is 7.06. The highest BCUT2D eigenvalue weighted by Crippen LogP contribution is 2.34. The van der Waals surface area contributed by atoms with Crippen LogP contribution >= 0.6 is 0 Å². The number of carbonyl (C=O) groups excluding carboxylic acids is 1. The molecule has 0 spiro atoms. The summed E-state index contributed by atoms with van der Waals surface area (Å²) in [5, 5.41) is 2.62. The first-order chi connectivity index (χ1) is 15.6. The average Bonchev–Trinajstić information content (AvgIpc) is 2.78. The van der Waals surface area contributed by atoms with E-state index in [9.17, 15) is 21.6 Å². The summed E-state index contributed by atoms with van der Waals surface area (Å²) < 4.78 is 58.4. The first kappa shape index (κ1) is 22.5. The summed E-state index contributed by atoms with van der Waals surface area (Å²) in [6.07, 6.45) is 2.76. The Balaban J connectivity index is 1.48. The lowest BCUT2D eigenvalue weighted by Crippen LogP contribution is -2.48. The van der Waals surface area contributed by atoms with Crippen LogP contribution in [0.2, 0.25) is 0 Å². The molecule has 3 aromatic rings. The minimum Gasteiger partial charge on any atom is -0.476 e. The Labute approximate surface area is 190 Å². The summed E-state index contributed by atoms with van der Waals surface area (Å²) >= 11 is 0. The van der Waals surface area contributed by atoms with Gasteiger partial charge in [0.15, 0.2) is 6.10 Å². The highest BCUT2D eigenvalue weighted by molar-refractivity contribution is 7.92. The van der Waals surface area contributed by atoms with E-state index in [-0.39, 0.29) is 23.1 Å². The van der Waals surface area contributed by atoms with Crippen molar-refractivity contribution in [2.75, 3.05) is 27.1 Å². The number of amides is 1. The van der Waals surface area contributed by atoms with Gasteiger partial charge in [0.25, 0.3) is 15.9 Å². The van der Waals surface area contributed by atoms with Crippen LogP contribution in [-0.4, -0.2) is 51.6 Å². The van der Waals surface area contributed by atoms with Crippen molar-refractivity contribution in [2.24, 2.45) is 0 Å². The highest BCUT2D eigenvalue weighted by Gasteiger charge is 2.34. The highest BCUT2D eigenvalue weighted by atomic mass is 32.2. The molecule has 1 aliphatic heterocycles. The Hall–Kier alpha value is -3.71. The normalized spacial score (nSPS) is 15.8. The van der Waals surface area contributed by atoms with Crippen molar-refractivity contribution < 1.29 is 26.4 Å². The average molecular weight is 490 g/mol. The van der Waals surface area contributed by atoms with E-state index in [0.29, 0.717) is 11.4 Å². The molecule has 4 rings (SSSR count). The quantitative estimate of drug-likeness (QED) is 0.529. The van der Waals surface area contributed by atoms with E-state index in [2.05, 4.69) is 20.0 Å². The van der Waals surface area contributed by atoms with Crippen LogP contribution in [0.5, 0.6) is 5.75 Å². The summed E-state index contributed by atoms with van der Waals surface area (Å²) in [4.78, 5) is 20.3. The molecule has 172 valence electrons. The third-order valence-corrected chi connectivity index (χ3v) is 7.14. The van der Waals surface area contributed by atoms with Gasteiger partial charge in [-0.3, -0.25) is 9.10 Å². The van der Waals surface area contributed by atoms with Gasteiger partial charge in [0, 0.05) is 18.1 Å². The van der Waals surface area contributed by atoms with Gasteiger partial charge in [-0.2, -0.15) is 0 Å². The molecule has 2 N–H and O–H groups in total. The molecule has 0 aliphatic carbocycles. The number of fused-ring (bicyclic) bond motifs is 1. The van der Waals surface area contributed by atoms with Gasteiger partial charge in [0.1, 0.15) is 5.75 Å². The first-order valence-corrected chi connectivity index (χ1v) is 12.9. The number of aromatic nitrogens is 2. The van der Waals surface area contributed by atoms with Crippen LogP contribution in [0.1, 0.15) is 0 Å². The number of para-hydroxylation sites is 2. The Morgan fingerprint density at radius 2 is 1.67 bits per heavy atom. The van der Waals surface area contributed by atoms with Gasteiger partial charge < -0.3 is 10.1 Å². The number of anilines is 3. The first-order valence-electron chi connectivity index (χ1n) is 9.58. The molecule has 0 saturated carbocycles. The standard InChI is InChI=1S/C20H19N5O6S2/c1-32(27,28)25-13-18(31-17-6-3-2-5-16(17)25)19(26)23-14-7-9-15(10-8-14)33(29,30)24-20-21-11-4-12-22-20/h2-12,18H,13H2,1H3,(H,23,26)(H,21,22,24)/t18-/m0/s1. The zero-order valence-electron chi connectivity index (χ0n) is 17.2. The number of sulfonamides is 2. The smallest absolute Gasteiger partial charge is 0.267 e. The summed E-state index contributed by atoms with van der Waals surface area (Å²) in [5.74, 6) is -0.380. The number of nitrogens with one attached hydrogen (secondary N) is 2. The van der Waals surface area contributed by atoms with Crippen molar-refractivity contribution in [3.63, 3.8) is 0 Å². The lowest BCUT2D eigenvalue weighted by atomic mass is 10.2. The molecule has 0 saturated heterocycles. The lowest BCUT2D eigenvalue weighted by Gasteiger charge is -2.33. The van der Waals surface area contributed by atoms with Crippen LogP contribution in [-0.2, 0) is 24.8 Å². The van der Waals surface area contributed by atoms with Gasteiger partial charge in [-0.05, 0) is 42.5 Å². The molecular formula is C20H19N5O6S2. The molecule has 2 heterocycles. The molecule has 1 aliphatic rings. The predicted molar refractivity (Wildman–Crippen MR) is 121 cm³/mol. The fraction of sp³-hybridized carbons (Fsp3) is 0.150. The van der Waals surface area contributed by atoms with Crippen molar-refractivity contribution in [1.29, 1.82) is 0 Å². The van der Waals surface area contributed by atoms with Crippen LogP contribution in [0.15, 0.2) is 71.9 Å². The fourth-order valence-corrected chi connectivity index (χ4v) is 5.00. The molecular weight excluding hydrogens is 470 g/mol. The van der Waals surface area contributed by atoms with E-state index in [1.165, 1.54) is 36.7 Å². The van der Waals surface area contributed by atoms with E-state index in [0.717, 1.165) is 10.6 Å². The molecule has 13 heteroatoms. The molecule has 0 unspecified atom stereocenters. The van der Waals surface area contributed by atoms with Crippen molar-refractivity contribution in [2.45, 2.75) is 11.0 Å². The maximum absolute atomic E-state index is 12.8. The molecule has 1 atom stereocenters. The fourth-order valence-electron chi connectivity index (χ4n) is 3.12. The molecule has 1 aromatic heterocycles. The van der Waals surface area contributed by atoms with Crippen LogP contribution < -0.4 is 19.1 Å². The summed E-state index contributed by atoms with van der Waals surface area (Å²) in [5.41, 5.74) is 0.664. The van der Waals surface area contributed by atoms with Crippen molar-refractivity contribution in [3.05, 3.63) is 67.0 Å². The second-order valence-corrected chi connectivity index (χ2v) is 10.6. The SMILES string of the molecule is CS(=O)(=O)N1C[C@@H](C(=O)Nc2ccc(S(=O)(=O)Nc3ncccn3)cc2)Oc2ccccc21. The maximum atomic E-state index is 12.8. The number of ether oxygens (including phenoxy) is 1. The number of hydrogen-bond acceptors (Lipinski definition) is 8. The van der Waals surface area contributed by atoms with Gasteiger partial charge in [-0.25, -0.2) is 31.5 Å². The molecule has 0 fully saturated rings. The molecule has 33 heavy (non-hydrogen) atoms. The van der Waals surface area contributed by atoms with E-state index in [1.54, 1.807) is 30.3 Å². The number of rotatable bonds is 6. The number of hydrogen-bond donors (Lipinski definition) is 2. The van der Waals surface area contributed by atoms with Gasteiger partial charge in [-0.1, -0.05) is 12.1 Å². The molecule has 1 amide bonds. The van der Waals surface area contributed by atoms with Crippen molar-refractivity contribution in [3.8, 4) is 5.75 Å². The molecule has 0 radical (unpaired) electrons. The monoisotopic (exact) mass is 489 g/mol. The summed E-state index contributed by atoms with van der Waals surface area (Å²) in [6, 6.07) is 13.5. The predicted octanol–water partition coefficient (Wildman–Crippen LogP) is 1.44. The lowest BCUT2D eigenvalue weighted by molar-refractivity contribution is -0.122.